The Morgan fingerprint density at radius 3 is 1.64 bits per heavy atom. The standard InChI is InChI=1S/C68H49N/c1-66(2)59-37-48-30-34-53(59)56-38-61-57(39-60(56)66)63-50-15-8-6-12-42(50)26-35-58(63)68(61,5)46-27-22-41(23-28-46)40-18-20-44(21-19-40)49-14-10-11-17-62(49)69(48)47-29-33-52-45(36-47)25-32-55-54-31-24-43-13-7-9-16-51(43)64(54)67(3,4)65(52)55/h6-39H,1-5H3. The molecule has 3 aliphatic carbocycles. The van der Waals surface area contributed by atoms with Gasteiger partial charge in [0.15, 0.2) is 0 Å². The summed E-state index contributed by atoms with van der Waals surface area (Å²) < 4.78 is 0. The molecule has 1 nitrogen and oxygen atoms in total. The molecule has 69 heavy (non-hydrogen) atoms. The second kappa shape index (κ2) is 13.4. The smallest absolute Gasteiger partial charge is 0.0540 e. The summed E-state index contributed by atoms with van der Waals surface area (Å²) >= 11 is 0. The topological polar surface area (TPSA) is 3.24 Å². The summed E-state index contributed by atoms with van der Waals surface area (Å²) in [7, 11) is 0. The Morgan fingerprint density at radius 2 is 0.870 bits per heavy atom. The summed E-state index contributed by atoms with van der Waals surface area (Å²) in [5, 5.41) is 7.81. The molecule has 6 heterocycles. The van der Waals surface area contributed by atoms with Gasteiger partial charge in [-0.3, -0.25) is 0 Å². The van der Waals surface area contributed by atoms with E-state index < -0.39 is 0 Å². The molecule has 0 radical (unpaired) electrons. The minimum atomic E-state index is -0.345. The largest absolute Gasteiger partial charge is 0.310 e. The van der Waals surface area contributed by atoms with Crippen LogP contribution in [-0.4, -0.2) is 0 Å². The van der Waals surface area contributed by atoms with Crippen LogP contribution in [0.3, 0.4) is 0 Å². The van der Waals surface area contributed by atoms with Crippen molar-refractivity contribution in [3.63, 3.8) is 0 Å². The van der Waals surface area contributed by atoms with E-state index in [0.29, 0.717) is 0 Å². The number of fused-ring (bicyclic) bond motifs is 11. The van der Waals surface area contributed by atoms with E-state index in [1.807, 2.05) is 0 Å². The number of hydrogen-bond acceptors (Lipinski definition) is 1. The maximum absolute atomic E-state index is 2.58. The summed E-state index contributed by atoms with van der Waals surface area (Å²) in [5.41, 5.74) is 25.3. The highest BCUT2D eigenvalue weighted by molar-refractivity contribution is 6.07. The molecule has 0 saturated carbocycles. The van der Waals surface area contributed by atoms with Crippen molar-refractivity contribution in [1.82, 2.24) is 0 Å². The van der Waals surface area contributed by atoms with E-state index in [2.05, 4.69) is 246 Å². The predicted octanol–water partition coefficient (Wildman–Crippen LogP) is 18.2. The van der Waals surface area contributed by atoms with Crippen LogP contribution in [0.25, 0.3) is 88.0 Å². The first-order chi connectivity index (χ1) is 33.6. The number of hydrogen-bond donors (Lipinski definition) is 0. The van der Waals surface area contributed by atoms with Gasteiger partial charge in [0, 0.05) is 33.2 Å². The van der Waals surface area contributed by atoms with E-state index in [9.17, 15) is 0 Å². The molecule has 6 aliphatic heterocycles. The van der Waals surface area contributed by atoms with Crippen LogP contribution >= 0.6 is 0 Å². The fourth-order valence-corrected chi connectivity index (χ4v) is 13.8. The van der Waals surface area contributed by atoms with Crippen LogP contribution in [0.5, 0.6) is 0 Å². The average Bonchev–Trinajstić information content (AvgIpc) is 3.89. The van der Waals surface area contributed by atoms with Crippen LogP contribution in [0.2, 0.25) is 0 Å². The van der Waals surface area contributed by atoms with Crippen molar-refractivity contribution in [2.24, 2.45) is 0 Å². The zero-order valence-electron chi connectivity index (χ0n) is 39.6. The van der Waals surface area contributed by atoms with Gasteiger partial charge >= 0.3 is 0 Å². The highest BCUT2D eigenvalue weighted by Gasteiger charge is 2.46. The first-order valence-corrected chi connectivity index (χ1v) is 24.7. The lowest BCUT2D eigenvalue weighted by Crippen LogP contribution is -2.22. The molecule has 326 valence electrons. The maximum Gasteiger partial charge on any atom is 0.0540 e. The summed E-state index contributed by atoms with van der Waals surface area (Å²) in [5.74, 6) is 0. The molecule has 11 aromatic rings. The van der Waals surface area contributed by atoms with Crippen LogP contribution in [0.15, 0.2) is 206 Å². The van der Waals surface area contributed by atoms with Gasteiger partial charge in [0.05, 0.1) is 5.69 Å². The van der Waals surface area contributed by atoms with Gasteiger partial charge in [-0.05, 0) is 171 Å². The maximum atomic E-state index is 2.58. The normalized spacial score (nSPS) is 17.0. The molecular weight excluding hydrogens is 831 g/mol. The Balaban J connectivity index is 0.972. The first-order valence-electron chi connectivity index (χ1n) is 24.7. The molecule has 11 aromatic carbocycles. The summed E-state index contributed by atoms with van der Waals surface area (Å²) in [6.45, 7) is 12.2. The van der Waals surface area contributed by atoms with E-state index in [1.165, 1.54) is 127 Å². The molecule has 0 aromatic heterocycles. The Labute approximate surface area is 404 Å². The number of nitrogens with zero attached hydrogens (tertiary/aromatic N) is 1. The summed E-state index contributed by atoms with van der Waals surface area (Å²) in [6.07, 6.45) is 0. The molecule has 1 heteroatoms. The van der Waals surface area contributed by atoms with Crippen molar-refractivity contribution in [2.45, 2.75) is 50.9 Å². The van der Waals surface area contributed by atoms with Gasteiger partial charge in [0.2, 0.25) is 0 Å². The molecule has 0 amide bonds. The Kier molecular flexibility index (Phi) is 7.56. The van der Waals surface area contributed by atoms with Gasteiger partial charge in [-0.25, -0.2) is 0 Å². The fourth-order valence-electron chi connectivity index (χ4n) is 13.8. The Morgan fingerprint density at radius 1 is 0.319 bits per heavy atom. The molecule has 1 unspecified atom stereocenters. The minimum absolute atomic E-state index is 0.167. The minimum Gasteiger partial charge on any atom is -0.310 e. The first kappa shape index (κ1) is 39.0. The van der Waals surface area contributed by atoms with Crippen molar-refractivity contribution in [2.75, 3.05) is 4.90 Å². The third kappa shape index (κ3) is 5.05. The number of benzene rings is 11. The van der Waals surface area contributed by atoms with E-state index in [-0.39, 0.29) is 16.2 Å². The molecule has 9 aliphatic rings. The molecular formula is C68H49N. The number of para-hydroxylation sites is 1. The Bertz CT molecular complexity index is 4070. The molecule has 0 fully saturated rings. The monoisotopic (exact) mass is 879 g/mol. The zero-order valence-corrected chi connectivity index (χ0v) is 39.6. The molecule has 0 spiro atoms. The fraction of sp³-hybridized carbons (Fsp3) is 0.118. The molecule has 9 bridgehead atoms. The third-order valence-corrected chi connectivity index (χ3v) is 17.2. The van der Waals surface area contributed by atoms with Crippen molar-refractivity contribution in [1.29, 1.82) is 0 Å². The second-order valence-corrected chi connectivity index (χ2v) is 21.4. The molecule has 0 saturated heterocycles. The van der Waals surface area contributed by atoms with Crippen LogP contribution in [0, 0.1) is 0 Å². The van der Waals surface area contributed by atoms with Gasteiger partial charge in [-0.1, -0.05) is 191 Å². The summed E-state index contributed by atoms with van der Waals surface area (Å²) in [6, 6.07) is 79.3. The van der Waals surface area contributed by atoms with Gasteiger partial charge in [0.1, 0.15) is 0 Å². The van der Waals surface area contributed by atoms with Crippen LogP contribution in [0.1, 0.15) is 73.6 Å². The van der Waals surface area contributed by atoms with Gasteiger partial charge in [0.25, 0.3) is 0 Å². The number of anilines is 3. The van der Waals surface area contributed by atoms with Gasteiger partial charge < -0.3 is 4.90 Å². The van der Waals surface area contributed by atoms with Crippen molar-refractivity contribution < 1.29 is 0 Å². The molecule has 1 atom stereocenters. The lowest BCUT2D eigenvalue weighted by molar-refractivity contribution is 0.659. The van der Waals surface area contributed by atoms with Crippen molar-refractivity contribution >= 4 is 49.4 Å². The van der Waals surface area contributed by atoms with Crippen LogP contribution in [-0.2, 0) is 16.2 Å². The van der Waals surface area contributed by atoms with Crippen molar-refractivity contribution in [3.8, 4) is 55.6 Å². The molecule has 20 rings (SSSR count). The summed E-state index contributed by atoms with van der Waals surface area (Å²) in [4.78, 5) is 2.52. The van der Waals surface area contributed by atoms with Gasteiger partial charge in [-0.2, -0.15) is 0 Å². The quantitative estimate of drug-likeness (QED) is 0.159. The lowest BCUT2D eigenvalue weighted by Gasteiger charge is -2.30. The number of rotatable bonds is 1. The van der Waals surface area contributed by atoms with Crippen molar-refractivity contribution in [3.05, 3.63) is 245 Å². The van der Waals surface area contributed by atoms with Crippen LogP contribution in [0.4, 0.5) is 17.1 Å². The van der Waals surface area contributed by atoms with E-state index in [1.54, 1.807) is 0 Å². The third-order valence-electron chi connectivity index (χ3n) is 17.2. The Hall–Kier alpha value is -8.00. The second-order valence-electron chi connectivity index (χ2n) is 21.4. The predicted molar refractivity (Wildman–Crippen MR) is 291 cm³/mol. The van der Waals surface area contributed by atoms with E-state index >= 15 is 0 Å². The van der Waals surface area contributed by atoms with E-state index in [4.69, 9.17) is 0 Å². The average molecular weight is 880 g/mol. The lowest BCUT2D eigenvalue weighted by atomic mass is 9.73. The highest BCUT2D eigenvalue weighted by Crippen LogP contribution is 2.60. The highest BCUT2D eigenvalue weighted by atomic mass is 15.1. The van der Waals surface area contributed by atoms with E-state index in [0.717, 1.165) is 17.1 Å². The SMILES string of the molecule is CC1(C)c2cc3ccc2-c2cc4c(cc21)-c1c(ccc2ccccc12)C4(C)c1ccc(cc1)-c1ccc(cc1)-c1ccccc1N3c1ccc2c3c(ccc2c1)-c1ccc2ccccc2c1C3(C)C. The van der Waals surface area contributed by atoms with Gasteiger partial charge in [-0.15, -0.1) is 0 Å². The van der Waals surface area contributed by atoms with Crippen LogP contribution < -0.4 is 4.90 Å². The molecule has 0 N–H and O–H groups in total. The zero-order chi connectivity index (χ0) is 46.1.